The van der Waals surface area contributed by atoms with Crippen molar-refractivity contribution in [2.75, 3.05) is 0 Å². The molecule has 1 atom stereocenters. The fourth-order valence-electron chi connectivity index (χ4n) is 3.43. The van der Waals surface area contributed by atoms with E-state index in [0.29, 0.717) is 11.5 Å². The molecule has 132 valence electrons. The van der Waals surface area contributed by atoms with Gasteiger partial charge >= 0.3 is 0 Å². The highest BCUT2D eigenvalue weighted by atomic mass is 32.1. The van der Waals surface area contributed by atoms with E-state index in [1.54, 1.807) is 11.3 Å². The number of pyridine rings is 1. The molecule has 4 rings (SSSR count). The molecule has 1 amide bonds. The minimum atomic E-state index is -0.174. The lowest BCUT2D eigenvalue weighted by Crippen LogP contribution is -2.24. The van der Waals surface area contributed by atoms with Crippen LogP contribution in [0.2, 0.25) is 0 Å². The Morgan fingerprint density at radius 3 is 2.92 bits per heavy atom. The van der Waals surface area contributed by atoms with Crippen LogP contribution < -0.4 is 5.43 Å². The number of nitrogens with one attached hydrogen (secondary N) is 1. The zero-order chi connectivity index (χ0) is 17.9. The van der Waals surface area contributed by atoms with E-state index in [4.69, 9.17) is 4.98 Å². The first-order valence-electron chi connectivity index (χ1n) is 9.03. The Kier molecular flexibility index (Phi) is 4.80. The van der Waals surface area contributed by atoms with Crippen LogP contribution >= 0.6 is 11.3 Å². The summed E-state index contributed by atoms with van der Waals surface area (Å²) in [6, 6.07) is 13.6. The standard InChI is InChI=1S/C21H21N3OS/c1-14-7-2-4-9-17(14)23-24-21(25)16-13-19(20-11-6-12-26-20)22-18-10-5-3-8-15(16)18/h3,5-6,8,10-14H,2,4,7,9H2,1H3,(H,24,25)/t14-/m1/s1. The summed E-state index contributed by atoms with van der Waals surface area (Å²) in [5, 5.41) is 7.30. The van der Waals surface area contributed by atoms with Crippen LogP contribution in [0.5, 0.6) is 0 Å². The highest BCUT2D eigenvalue weighted by molar-refractivity contribution is 7.13. The number of para-hydroxylation sites is 1. The van der Waals surface area contributed by atoms with Crippen molar-refractivity contribution >= 4 is 33.9 Å². The van der Waals surface area contributed by atoms with Gasteiger partial charge in [0.25, 0.3) is 5.91 Å². The van der Waals surface area contributed by atoms with Gasteiger partial charge in [0.2, 0.25) is 0 Å². The predicted molar refractivity (Wildman–Crippen MR) is 108 cm³/mol. The Morgan fingerprint density at radius 1 is 1.23 bits per heavy atom. The summed E-state index contributed by atoms with van der Waals surface area (Å²) in [6.45, 7) is 2.18. The highest BCUT2D eigenvalue weighted by Gasteiger charge is 2.18. The molecule has 1 aromatic carbocycles. The quantitative estimate of drug-likeness (QED) is 0.645. The molecule has 0 spiro atoms. The van der Waals surface area contributed by atoms with E-state index < -0.39 is 0 Å². The average Bonchev–Trinajstić information content (AvgIpc) is 3.21. The normalized spacial score (nSPS) is 19.0. The van der Waals surface area contributed by atoms with E-state index in [1.807, 2.05) is 47.8 Å². The van der Waals surface area contributed by atoms with Gasteiger partial charge in [-0.1, -0.05) is 37.6 Å². The summed E-state index contributed by atoms with van der Waals surface area (Å²) in [4.78, 5) is 18.7. The average molecular weight is 363 g/mol. The molecule has 0 unspecified atom stereocenters. The van der Waals surface area contributed by atoms with Gasteiger partial charge in [-0.3, -0.25) is 4.79 Å². The first kappa shape index (κ1) is 16.9. The van der Waals surface area contributed by atoms with Crippen LogP contribution in [0, 0.1) is 5.92 Å². The Bertz CT molecular complexity index is 963. The van der Waals surface area contributed by atoms with Crippen LogP contribution in [-0.2, 0) is 0 Å². The fraction of sp³-hybridized carbons (Fsp3) is 0.286. The van der Waals surface area contributed by atoms with E-state index in [-0.39, 0.29) is 5.91 Å². The third-order valence-corrected chi connectivity index (χ3v) is 5.82. The van der Waals surface area contributed by atoms with Gasteiger partial charge in [0.05, 0.1) is 21.7 Å². The third-order valence-electron chi connectivity index (χ3n) is 4.92. The molecule has 0 saturated heterocycles. The van der Waals surface area contributed by atoms with Gasteiger partial charge in [-0.2, -0.15) is 5.10 Å². The fourth-order valence-corrected chi connectivity index (χ4v) is 4.12. The van der Waals surface area contributed by atoms with Crippen LogP contribution in [-0.4, -0.2) is 16.6 Å². The van der Waals surface area contributed by atoms with E-state index in [2.05, 4.69) is 17.5 Å². The maximum atomic E-state index is 12.9. The van der Waals surface area contributed by atoms with E-state index in [9.17, 15) is 4.79 Å². The van der Waals surface area contributed by atoms with Crippen LogP contribution in [0.25, 0.3) is 21.5 Å². The van der Waals surface area contributed by atoms with Crippen molar-refractivity contribution in [2.24, 2.45) is 11.0 Å². The van der Waals surface area contributed by atoms with Crippen LogP contribution in [0.1, 0.15) is 43.0 Å². The summed E-state index contributed by atoms with van der Waals surface area (Å²) < 4.78 is 0. The number of hydrogen-bond acceptors (Lipinski definition) is 4. The minimum Gasteiger partial charge on any atom is -0.267 e. The molecular weight excluding hydrogens is 342 g/mol. The van der Waals surface area contributed by atoms with Gasteiger partial charge in [0.1, 0.15) is 0 Å². The lowest BCUT2D eigenvalue weighted by molar-refractivity contribution is 0.0956. The second-order valence-corrected chi connectivity index (χ2v) is 7.69. The van der Waals surface area contributed by atoms with E-state index >= 15 is 0 Å². The first-order valence-corrected chi connectivity index (χ1v) is 9.91. The summed E-state index contributed by atoms with van der Waals surface area (Å²) in [5.74, 6) is 0.270. The van der Waals surface area contributed by atoms with Crippen molar-refractivity contribution in [1.82, 2.24) is 10.4 Å². The first-order chi connectivity index (χ1) is 12.7. The predicted octanol–water partition coefficient (Wildman–Crippen LogP) is 5.26. The van der Waals surface area contributed by atoms with E-state index in [1.165, 1.54) is 6.42 Å². The van der Waals surface area contributed by atoms with Crippen LogP contribution in [0.3, 0.4) is 0 Å². The Morgan fingerprint density at radius 2 is 2.12 bits per heavy atom. The smallest absolute Gasteiger partial charge is 0.267 e. The maximum absolute atomic E-state index is 12.9. The number of carbonyl (C=O) groups excluding carboxylic acids is 1. The summed E-state index contributed by atoms with van der Waals surface area (Å²) in [5.41, 5.74) is 6.15. The second-order valence-electron chi connectivity index (χ2n) is 6.74. The van der Waals surface area contributed by atoms with Crippen LogP contribution in [0.15, 0.2) is 52.9 Å². The van der Waals surface area contributed by atoms with Gasteiger partial charge in [0, 0.05) is 11.1 Å². The zero-order valence-corrected chi connectivity index (χ0v) is 15.6. The largest absolute Gasteiger partial charge is 0.272 e. The summed E-state index contributed by atoms with van der Waals surface area (Å²) in [6.07, 6.45) is 4.52. The molecule has 1 saturated carbocycles. The molecule has 1 fully saturated rings. The van der Waals surface area contributed by atoms with Gasteiger partial charge < -0.3 is 0 Å². The minimum absolute atomic E-state index is 0.174. The molecule has 0 bridgehead atoms. The van der Waals surface area contributed by atoms with Crippen LogP contribution in [0.4, 0.5) is 0 Å². The maximum Gasteiger partial charge on any atom is 0.272 e. The van der Waals surface area contributed by atoms with Gasteiger partial charge in [0.15, 0.2) is 0 Å². The molecule has 2 aromatic heterocycles. The van der Waals surface area contributed by atoms with Crippen molar-refractivity contribution in [1.29, 1.82) is 0 Å². The lowest BCUT2D eigenvalue weighted by Gasteiger charge is -2.19. The van der Waals surface area contributed by atoms with Gasteiger partial charge in [-0.05, 0) is 48.8 Å². The summed E-state index contributed by atoms with van der Waals surface area (Å²) >= 11 is 1.62. The molecule has 0 aliphatic heterocycles. The number of nitrogens with zero attached hydrogens (tertiary/aromatic N) is 2. The number of carbonyl (C=O) groups is 1. The van der Waals surface area contributed by atoms with Crippen molar-refractivity contribution < 1.29 is 4.79 Å². The molecule has 1 aliphatic rings. The number of hydrazone groups is 1. The molecule has 1 N–H and O–H groups in total. The Labute approximate surface area is 157 Å². The second kappa shape index (κ2) is 7.38. The van der Waals surface area contributed by atoms with Crippen molar-refractivity contribution in [2.45, 2.75) is 32.6 Å². The zero-order valence-electron chi connectivity index (χ0n) is 14.7. The lowest BCUT2D eigenvalue weighted by atomic mass is 9.89. The number of amides is 1. The Balaban J connectivity index is 1.70. The molecule has 3 aromatic rings. The molecule has 1 aliphatic carbocycles. The van der Waals surface area contributed by atoms with Gasteiger partial charge in [-0.25, -0.2) is 10.4 Å². The monoisotopic (exact) mass is 363 g/mol. The van der Waals surface area contributed by atoms with Crippen molar-refractivity contribution in [3.63, 3.8) is 0 Å². The van der Waals surface area contributed by atoms with Gasteiger partial charge in [-0.15, -0.1) is 11.3 Å². The third kappa shape index (κ3) is 3.40. The number of aromatic nitrogens is 1. The SMILES string of the molecule is C[C@@H]1CCCCC1=NNC(=O)c1cc(-c2cccs2)nc2ccccc12. The molecule has 5 heteroatoms. The topological polar surface area (TPSA) is 54.4 Å². The van der Waals surface area contributed by atoms with E-state index in [0.717, 1.165) is 46.4 Å². The molecule has 2 heterocycles. The summed E-state index contributed by atoms with van der Waals surface area (Å²) in [7, 11) is 0. The number of fused-ring (bicyclic) bond motifs is 1. The highest BCUT2D eigenvalue weighted by Crippen LogP contribution is 2.28. The number of hydrogen-bond donors (Lipinski definition) is 1. The number of benzene rings is 1. The Hall–Kier alpha value is -2.53. The molecule has 26 heavy (non-hydrogen) atoms. The van der Waals surface area contributed by atoms with Crippen molar-refractivity contribution in [3.8, 4) is 10.6 Å². The molecule has 4 nitrogen and oxygen atoms in total. The molecular formula is C21H21N3OS. The van der Waals surface area contributed by atoms with Crippen molar-refractivity contribution in [3.05, 3.63) is 53.4 Å². The number of thiophene rings is 1. The molecule has 0 radical (unpaired) electrons. The number of rotatable bonds is 3.